The summed E-state index contributed by atoms with van der Waals surface area (Å²) >= 11 is 0. The first-order chi connectivity index (χ1) is 9.53. The Morgan fingerprint density at radius 3 is 2.55 bits per heavy atom. The molecule has 6 heteroatoms. The molecule has 0 aromatic rings. The Balaban J connectivity index is 2.03. The zero-order valence-electron chi connectivity index (χ0n) is 12.0. The minimum absolute atomic E-state index is 0.0133. The van der Waals surface area contributed by atoms with Gasteiger partial charge in [-0.05, 0) is 31.7 Å². The van der Waals surface area contributed by atoms with Crippen LogP contribution in [0.3, 0.4) is 0 Å². The number of hydrogen-bond acceptors (Lipinski definition) is 4. The van der Waals surface area contributed by atoms with E-state index in [1.54, 1.807) is 4.90 Å². The molecule has 20 heavy (non-hydrogen) atoms. The molecule has 2 atom stereocenters. The molecule has 1 saturated carbocycles. The molecule has 1 aliphatic heterocycles. The predicted molar refractivity (Wildman–Crippen MR) is 73.1 cm³/mol. The Labute approximate surface area is 119 Å². The second kappa shape index (κ2) is 6.10. The van der Waals surface area contributed by atoms with E-state index in [-0.39, 0.29) is 24.0 Å². The van der Waals surface area contributed by atoms with Crippen molar-refractivity contribution >= 4 is 11.9 Å². The molecule has 2 aliphatic rings. The Morgan fingerprint density at radius 2 is 2.10 bits per heavy atom. The second-order valence-corrected chi connectivity index (χ2v) is 5.96. The van der Waals surface area contributed by atoms with Crippen LogP contribution in [0.25, 0.3) is 0 Å². The minimum Gasteiger partial charge on any atom is -0.481 e. The first kappa shape index (κ1) is 15.3. The van der Waals surface area contributed by atoms with E-state index in [1.165, 1.54) is 0 Å². The summed E-state index contributed by atoms with van der Waals surface area (Å²) in [6, 6.07) is -0.347. The molecule has 1 aliphatic carbocycles. The fraction of sp³-hybridized carbons (Fsp3) is 0.857. The Morgan fingerprint density at radius 1 is 1.40 bits per heavy atom. The zero-order valence-corrected chi connectivity index (χ0v) is 12.0. The lowest BCUT2D eigenvalue weighted by Gasteiger charge is -2.42. The SMILES string of the molecule is CCN(C(=O)CC1(CN)CCC1)C1COCC1C(=O)O. The van der Waals surface area contributed by atoms with Crippen LogP contribution in [0.4, 0.5) is 0 Å². The van der Waals surface area contributed by atoms with E-state index >= 15 is 0 Å². The monoisotopic (exact) mass is 284 g/mol. The van der Waals surface area contributed by atoms with Crippen LogP contribution in [-0.2, 0) is 14.3 Å². The maximum atomic E-state index is 12.5. The topological polar surface area (TPSA) is 92.9 Å². The van der Waals surface area contributed by atoms with Crippen molar-refractivity contribution in [2.24, 2.45) is 17.1 Å². The van der Waals surface area contributed by atoms with E-state index in [9.17, 15) is 14.7 Å². The van der Waals surface area contributed by atoms with Gasteiger partial charge in [-0.1, -0.05) is 6.42 Å². The number of carboxylic acid groups (broad SMARTS) is 1. The molecule has 3 N–H and O–H groups in total. The van der Waals surface area contributed by atoms with Crippen molar-refractivity contribution < 1.29 is 19.4 Å². The van der Waals surface area contributed by atoms with Crippen molar-refractivity contribution in [1.29, 1.82) is 0 Å². The van der Waals surface area contributed by atoms with Crippen LogP contribution < -0.4 is 5.73 Å². The molecule has 0 spiro atoms. The molecule has 1 saturated heterocycles. The van der Waals surface area contributed by atoms with E-state index in [0.717, 1.165) is 19.3 Å². The van der Waals surface area contributed by atoms with Gasteiger partial charge in [0.05, 0.1) is 19.3 Å². The number of carbonyl (C=O) groups excluding carboxylic acids is 1. The van der Waals surface area contributed by atoms with Gasteiger partial charge in [-0.25, -0.2) is 0 Å². The summed E-state index contributed by atoms with van der Waals surface area (Å²) in [5, 5.41) is 9.21. The zero-order chi connectivity index (χ0) is 14.8. The summed E-state index contributed by atoms with van der Waals surface area (Å²) in [7, 11) is 0. The second-order valence-electron chi connectivity index (χ2n) is 5.96. The van der Waals surface area contributed by atoms with Crippen molar-refractivity contribution in [1.82, 2.24) is 4.90 Å². The van der Waals surface area contributed by atoms with E-state index in [2.05, 4.69) is 0 Å². The molecule has 2 unspecified atom stereocenters. The first-order valence-electron chi connectivity index (χ1n) is 7.33. The quantitative estimate of drug-likeness (QED) is 0.739. The van der Waals surface area contributed by atoms with Gasteiger partial charge in [-0.2, -0.15) is 0 Å². The number of aliphatic carboxylic acids is 1. The minimum atomic E-state index is -0.893. The van der Waals surface area contributed by atoms with Gasteiger partial charge in [0.1, 0.15) is 5.92 Å². The van der Waals surface area contributed by atoms with Gasteiger partial charge >= 0.3 is 5.97 Å². The number of nitrogens with two attached hydrogens (primary N) is 1. The highest BCUT2D eigenvalue weighted by Crippen LogP contribution is 2.43. The molecule has 114 valence electrons. The summed E-state index contributed by atoms with van der Waals surface area (Å²) in [6.45, 7) is 3.42. The molecule has 6 nitrogen and oxygen atoms in total. The van der Waals surface area contributed by atoms with Gasteiger partial charge in [0.25, 0.3) is 0 Å². The smallest absolute Gasteiger partial charge is 0.311 e. The van der Waals surface area contributed by atoms with Gasteiger partial charge in [-0.15, -0.1) is 0 Å². The summed E-state index contributed by atoms with van der Waals surface area (Å²) < 4.78 is 5.26. The fourth-order valence-corrected chi connectivity index (χ4v) is 3.23. The van der Waals surface area contributed by atoms with E-state index in [1.807, 2.05) is 6.92 Å². The number of hydrogen-bond donors (Lipinski definition) is 2. The van der Waals surface area contributed by atoms with Crippen molar-refractivity contribution in [3.63, 3.8) is 0 Å². The first-order valence-corrected chi connectivity index (χ1v) is 7.33. The lowest BCUT2D eigenvalue weighted by atomic mass is 9.66. The predicted octanol–water partition coefficient (Wildman–Crippen LogP) is 0.454. The van der Waals surface area contributed by atoms with Crippen LogP contribution in [0, 0.1) is 11.3 Å². The van der Waals surface area contributed by atoms with Crippen molar-refractivity contribution in [3.05, 3.63) is 0 Å². The third-order valence-electron chi connectivity index (χ3n) is 4.80. The van der Waals surface area contributed by atoms with Gasteiger partial charge < -0.3 is 20.5 Å². The summed E-state index contributed by atoms with van der Waals surface area (Å²) in [5.74, 6) is -1.50. The molecule has 1 amide bonds. The number of carboxylic acids is 1. The van der Waals surface area contributed by atoms with Crippen LogP contribution in [0.2, 0.25) is 0 Å². The lowest BCUT2D eigenvalue weighted by molar-refractivity contribution is -0.145. The average molecular weight is 284 g/mol. The summed E-state index contributed by atoms with van der Waals surface area (Å²) in [6.07, 6.45) is 3.55. The number of amides is 1. The van der Waals surface area contributed by atoms with Gasteiger partial charge in [0.2, 0.25) is 5.91 Å². The Hall–Kier alpha value is -1.14. The molecular formula is C14H24N2O4. The summed E-state index contributed by atoms with van der Waals surface area (Å²) in [5.41, 5.74) is 5.75. The van der Waals surface area contributed by atoms with Gasteiger partial charge in [-0.3, -0.25) is 9.59 Å². The van der Waals surface area contributed by atoms with Gasteiger partial charge in [0, 0.05) is 13.0 Å². The highest BCUT2D eigenvalue weighted by Gasteiger charge is 2.43. The molecule has 0 aromatic heterocycles. The number of nitrogens with zero attached hydrogens (tertiary/aromatic N) is 1. The molecule has 2 fully saturated rings. The standard InChI is InChI=1S/C14H24N2O4/c1-2-16(11-8-20-7-10(11)13(18)19)12(17)6-14(9-15)4-3-5-14/h10-11H,2-9,15H2,1H3,(H,18,19). The Bertz CT molecular complexity index is 376. The molecule has 2 rings (SSSR count). The van der Waals surface area contributed by atoms with Crippen LogP contribution in [0.5, 0.6) is 0 Å². The van der Waals surface area contributed by atoms with E-state index < -0.39 is 11.9 Å². The average Bonchev–Trinajstić information content (AvgIpc) is 2.84. The van der Waals surface area contributed by atoms with Gasteiger partial charge in [0.15, 0.2) is 0 Å². The third kappa shape index (κ3) is 2.81. The van der Waals surface area contributed by atoms with Crippen LogP contribution in [0.1, 0.15) is 32.6 Å². The van der Waals surface area contributed by atoms with Crippen LogP contribution in [0.15, 0.2) is 0 Å². The van der Waals surface area contributed by atoms with Crippen LogP contribution >= 0.6 is 0 Å². The fourth-order valence-electron chi connectivity index (χ4n) is 3.23. The lowest BCUT2D eigenvalue weighted by Crippen LogP contribution is -2.49. The Kier molecular flexibility index (Phi) is 4.65. The number of likely N-dealkylation sites (N-methyl/N-ethyl adjacent to an activating group) is 1. The molecular weight excluding hydrogens is 260 g/mol. The van der Waals surface area contributed by atoms with Crippen LogP contribution in [-0.4, -0.2) is 54.2 Å². The molecule has 1 heterocycles. The van der Waals surface area contributed by atoms with Crippen molar-refractivity contribution in [2.75, 3.05) is 26.3 Å². The van der Waals surface area contributed by atoms with Crippen molar-refractivity contribution in [2.45, 2.75) is 38.6 Å². The normalized spacial score (nSPS) is 27.9. The van der Waals surface area contributed by atoms with E-state index in [0.29, 0.717) is 26.1 Å². The number of rotatable bonds is 6. The highest BCUT2D eigenvalue weighted by molar-refractivity contribution is 5.79. The molecule has 0 bridgehead atoms. The molecule has 0 radical (unpaired) electrons. The largest absolute Gasteiger partial charge is 0.481 e. The maximum Gasteiger partial charge on any atom is 0.311 e. The third-order valence-corrected chi connectivity index (χ3v) is 4.80. The number of carbonyl (C=O) groups is 2. The maximum absolute atomic E-state index is 12.5. The highest BCUT2D eigenvalue weighted by atomic mass is 16.5. The number of ether oxygens (including phenoxy) is 1. The van der Waals surface area contributed by atoms with Crippen molar-refractivity contribution in [3.8, 4) is 0 Å². The molecule has 0 aromatic carbocycles. The van der Waals surface area contributed by atoms with E-state index in [4.69, 9.17) is 10.5 Å². The summed E-state index contributed by atoms with van der Waals surface area (Å²) in [4.78, 5) is 25.4.